The molecule has 0 saturated carbocycles. The van der Waals surface area contributed by atoms with E-state index in [1.54, 1.807) is 0 Å². The summed E-state index contributed by atoms with van der Waals surface area (Å²) in [5.74, 6) is -0.597. The Morgan fingerprint density at radius 1 is 0.325 bits per heavy atom. The Morgan fingerprint density at radius 2 is 0.584 bits per heavy atom. The van der Waals surface area contributed by atoms with Gasteiger partial charge in [0.25, 0.3) is 0 Å². The summed E-state index contributed by atoms with van der Waals surface area (Å²) < 4.78 is 0. The second kappa shape index (κ2) is 64.8. The maximum Gasteiger partial charge on any atom is 0.249 e. The van der Waals surface area contributed by atoms with Crippen LogP contribution in [0.4, 0.5) is 0 Å². The minimum Gasteiger partial charge on any atom is -0.394 e. The first kappa shape index (κ1) is 75.0. The number of amides is 1. The van der Waals surface area contributed by atoms with E-state index < -0.39 is 36.9 Å². The summed E-state index contributed by atoms with van der Waals surface area (Å²) >= 11 is 0. The molecule has 1 amide bonds. The summed E-state index contributed by atoms with van der Waals surface area (Å²) in [6.07, 6.45) is 86.3. The maximum absolute atomic E-state index is 12.6. The van der Waals surface area contributed by atoms with Gasteiger partial charge in [-0.3, -0.25) is 4.79 Å². The third-order valence-electron chi connectivity index (χ3n) is 15.9. The number of rotatable bonds is 63. The second-order valence-corrected chi connectivity index (χ2v) is 23.5. The molecule has 0 radical (unpaired) electrons. The molecule has 0 aliphatic heterocycles. The normalized spacial score (nSPS) is 13.9. The minimum atomic E-state index is -1.30. The molecular formula is C71H133NO5. The summed E-state index contributed by atoms with van der Waals surface area (Å²) in [5.41, 5.74) is 0. The van der Waals surface area contributed by atoms with Crippen molar-refractivity contribution < 1.29 is 25.2 Å². The predicted molar refractivity (Wildman–Crippen MR) is 339 cm³/mol. The van der Waals surface area contributed by atoms with Gasteiger partial charge in [-0.15, -0.1) is 0 Å². The number of nitrogens with one attached hydrogen (secondary N) is 1. The first-order valence-electron chi connectivity index (χ1n) is 34.2. The number of aliphatic hydroxyl groups excluding tert-OH is 4. The Bertz CT molecular complexity index is 1310. The zero-order valence-electron chi connectivity index (χ0n) is 51.5. The van der Waals surface area contributed by atoms with Gasteiger partial charge in [0.1, 0.15) is 12.2 Å². The largest absolute Gasteiger partial charge is 0.394 e. The monoisotopic (exact) mass is 1080 g/mol. The van der Waals surface area contributed by atoms with Gasteiger partial charge >= 0.3 is 0 Å². The van der Waals surface area contributed by atoms with E-state index in [0.717, 1.165) is 57.8 Å². The lowest BCUT2D eigenvalue weighted by atomic mass is 10.00. The molecule has 0 aromatic heterocycles. The summed E-state index contributed by atoms with van der Waals surface area (Å²) in [6, 6.07) is -1.02. The highest BCUT2D eigenvalue weighted by molar-refractivity contribution is 5.80. The molecular weight excluding hydrogens is 947 g/mol. The van der Waals surface area contributed by atoms with Crippen molar-refractivity contribution >= 4 is 5.91 Å². The highest BCUT2D eigenvalue weighted by atomic mass is 16.3. The van der Waals surface area contributed by atoms with Crippen LogP contribution in [0.15, 0.2) is 60.8 Å². The Balaban J connectivity index is 3.60. The van der Waals surface area contributed by atoms with Gasteiger partial charge in [-0.1, -0.05) is 319 Å². The molecule has 6 heteroatoms. The van der Waals surface area contributed by atoms with E-state index in [2.05, 4.69) is 79.9 Å². The SMILES string of the molecule is CCCCCCCCCCCC/C=C/CC/C=C/CC/C=C/CCCC(O)C(O)C(CO)NC(=O)C(O)CCCCCCCCCCCCCCCCCC/C=C\C/C=C\CCCCCCCCCCCCCCCCC. The average Bonchev–Trinajstić information content (AvgIpc) is 3.43. The number of aliphatic hydroxyl groups is 4. The molecule has 0 aromatic rings. The van der Waals surface area contributed by atoms with E-state index in [0.29, 0.717) is 19.3 Å². The highest BCUT2D eigenvalue weighted by Crippen LogP contribution is 2.18. The van der Waals surface area contributed by atoms with E-state index >= 15 is 0 Å². The van der Waals surface area contributed by atoms with Crippen LogP contribution in [-0.4, -0.2) is 57.3 Å². The zero-order chi connectivity index (χ0) is 55.8. The van der Waals surface area contributed by atoms with Crippen LogP contribution < -0.4 is 5.32 Å². The Kier molecular flexibility index (Phi) is 63.2. The van der Waals surface area contributed by atoms with Crippen molar-refractivity contribution in [2.24, 2.45) is 0 Å². The summed E-state index contributed by atoms with van der Waals surface area (Å²) in [5, 5.41) is 44.1. The number of carbonyl (C=O) groups is 1. The number of hydrogen-bond acceptors (Lipinski definition) is 5. The second-order valence-electron chi connectivity index (χ2n) is 23.5. The Hall–Kier alpha value is -1.99. The van der Waals surface area contributed by atoms with Crippen LogP contribution in [0.3, 0.4) is 0 Å². The number of carbonyl (C=O) groups excluding carboxylic acids is 1. The van der Waals surface area contributed by atoms with Gasteiger partial charge in [0.05, 0.1) is 18.8 Å². The van der Waals surface area contributed by atoms with Gasteiger partial charge in [0.15, 0.2) is 0 Å². The van der Waals surface area contributed by atoms with E-state index in [9.17, 15) is 25.2 Å². The predicted octanol–water partition coefficient (Wildman–Crippen LogP) is 21.0. The fourth-order valence-corrected chi connectivity index (χ4v) is 10.6. The molecule has 5 N–H and O–H groups in total. The van der Waals surface area contributed by atoms with Gasteiger partial charge in [0, 0.05) is 0 Å². The van der Waals surface area contributed by atoms with Crippen LogP contribution in [0.2, 0.25) is 0 Å². The molecule has 0 aliphatic carbocycles. The summed E-state index contributed by atoms with van der Waals surface area (Å²) in [6.45, 7) is 4.07. The van der Waals surface area contributed by atoms with Crippen molar-refractivity contribution in [3.05, 3.63) is 60.8 Å². The maximum atomic E-state index is 12.6. The molecule has 0 heterocycles. The van der Waals surface area contributed by atoms with E-state index in [1.807, 2.05) is 0 Å². The zero-order valence-corrected chi connectivity index (χ0v) is 51.5. The van der Waals surface area contributed by atoms with Gasteiger partial charge in [-0.2, -0.15) is 0 Å². The Labute approximate surface area is 480 Å². The fourth-order valence-electron chi connectivity index (χ4n) is 10.6. The molecule has 0 aromatic carbocycles. The lowest BCUT2D eigenvalue weighted by molar-refractivity contribution is -0.132. The summed E-state index contributed by atoms with van der Waals surface area (Å²) in [4.78, 5) is 12.6. The molecule has 0 bridgehead atoms. The van der Waals surface area contributed by atoms with Crippen molar-refractivity contribution in [1.82, 2.24) is 5.32 Å². The molecule has 0 rings (SSSR count). The standard InChI is InChI=1S/C71H133NO5/c1-3-5-7-9-11-13-15-17-19-21-23-25-27-28-29-30-31-32-33-34-35-36-37-38-39-40-41-43-45-47-49-51-53-55-57-59-61-63-65-69(75)71(77)72-67(66-73)70(76)68(74)64-62-60-58-56-54-52-50-48-46-44-42-26-24-22-20-18-16-14-12-10-8-6-4-2/h26,31-32,34-35,42,48,50,56,58,67-70,73-76H,3-25,27-30,33,36-41,43-47,49,51-55,57,59-66H2,1-2H3,(H,72,77)/b32-31-,35-34-,42-26+,50-48+,58-56+. The van der Waals surface area contributed by atoms with Crippen LogP contribution in [-0.2, 0) is 4.79 Å². The van der Waals surface area contributed by atoms with Gasteiger partial charge in [0.2, 0.25) is 5.91 Å². The Morgan fingerprint density at radius 3 is 0.896 bits per heavy atom. The molecule has 0 spiro atoms. The minimum absolute atomic E-state index is 0.358. The number of hydrogen-bond donors (Lipinski definition) is 5. The van der Waals surface area contributed by atoms with Crippen LogP contribution in [0.25, 0.3) is 0 Å². The van der Waals surface area contributed by atoms with E-state index in [-0.39, 0.29) is 0 Å². The first-order chi connectivity index (χ1) is 38.0. The topological polar surface area (TPSA) is 110 Å². The third kappa shape index (κ3) is 58.5. The average molecular weight is 1080 g/mol. The van der Waals surface area contributed by atoms with Gasteiger partial charge < -0.3 is 25.7 Å². The molecule has 77 heavy (non-hydrogen) atoms. The molecule has 4 atom stereocenters. The summed E-state index contributed by atoms with van der Waals surface area (Å²) in [7, 11) is 0. The molecule has 6 nitrogen and oxygen atoms in total. The highest BCUT2D eigenvalue weighted by Gasteiger charge is 2.28. The van der Waals surface area contributed by atoms with Gasteiger partial charge in [-0.25, -0.2) is 0 Å². The lowest BCUT2D eigenvalue weighted by Gasteiger charge is -2.27. The molecule has 0 fully saturated rings. The van der Waals surface area contributed by atoms with Gasteiger partial charge in [-0.05, 0) is 96.3 Å². The lowest BCUT2D eigenvalue weighted by Crippen LogP contribution is -2.53. The molecule has 452 valence electrons. The van der Waals surface area contributed by atoms with Crippen LogP contribution in [0, 0.1) is 0 Å². The van der Waals surface area contributed by atoms with Crippen molar-refractivity contribution in [2.45, 2.75) is 379 Å². The quantitative estimate of drug-likeness (QED) is 0.0308. The number of allylic oxidation sites excluding steroid dienone is 10. The molecule has 0 aliphatic rings. The van der Waals surface area contributed by atoms with Crippen molar-refractivity contribution in [2.75, 3.05) is 6.61 Å². The first-order valence-corrected chi connectivity index (χ1v) is 34.2. The van der Waals surface area contributed by atoms with Crippen LogP contribution >= 0.6 is 0 Å². The smallest absolute Gasteiger partial charge is 0.249 e. The number of unbranched alkanes of at least 4 members (excludes halogenated alkanes) is 44. The third-order valence-corrected chi connectivity index (χ3v) is 15.9. The van der Waals surface area contributed by atoms with E-state index in [4.69, 9.17) is 0 Å². The van der Waals surface area contributed by atoms with Crippen molar-refractivity contribution in [3.8, 4) is 0 Å². The molecule has 0 saturated heterocycles. The van der Waals surface area contributed by atoms with Crippen LogP contribution in [0.5, 0.6) is 0 Å². The van der Waals surface area contributed by atoms with Crippen molar-refractivity contribution in [3.63, 3.8) is 0 Å². The fraction of sp³-hybridized carbons (Fsp3) is 0.845. The van der Waals surface area contributed by atoms with Crippen molar-refractivity contribution in [1.29, 1.82) is 0 Å². The van der Waals surface area contributed by atoms with E-state index in [1.165, 1.54) is 263 Å². The van der Waals surface area contributed by atoms with Crippen LogP contribution in [0.1, 0.15) is 354 Å². The molecule has 4 unspecified atom stereocenters.